The van der Waals surface area contributed by atoms with Crippen molar-refractivity contribution in [2.24, 2.45) is 5.73 Å². The van der Waals surface area contributed by atoms with Gasteiger partial charge in [0.2, 0.25) is 5.91 Å². The van der Waals surface area contributed by atoms with Crippen molar-refractivity contribution in [2.45, 2.75) is 32.7 Å². The smallest absolute Gasteiger partial charge is 0.227 e. The van der Waals surface area contributed by atoms with Gasteiger partial charge in [-0.25, -0.2) is 0 Å². The summed E-state index contributed by atoms with van der Waals surface area (Å²) in [7, 11) is 0. The number of hydrogen-bond donors (Lipinski definition) is 1. The van der Waals surface area contributed by atoms with Gasteiger partial charge in [0.15, 0.2) is 0 Å². The van der Waals surface area contributed by atoms with Crippen molar-refractivity contribution in [1.82, 2.24) is 0 Å². The number of hydrogen-bond acceptors (Lipinski definition) is 2. The highest BCUT2D eigenvalue weighted by Crippen LogP contribution is 2.27. The first-order chi connectivity index (χ1) is 7.59. The number of carbonyl (C=O) groups is 1. The summed E-state index contributed by atoms with van der Waals surface area (Å²) in [6, 6.07) is 6.20. The van der Waals surface area contributed by atoms with E-state index in [1.807, 2.05) is 36.9 Å². The van der Waals surface area contributed by atoms with E-state index < -0.39 is 0 Å². The number of benzene rings is 1. The fraction of sp³-hybridized carbons (Fsp3) is 0.462. The van der Waals surface area contributed by atoms with Gasteiger partial charge in [0, 0.05) is 24.7 Å². The van der Waals surface area contributed by atoms with Crippen LogP contribution in [-0.4, -0.2) is 18.5 Å². The van der Waals surface area contributed by atoms with Crippen LogP contribution >= 0.6 is 0 Å². The standard InChI is InChI=1S/C13H18N2O/c1-9-4-3-5-10(2)13(9)15-8-11(14)6-7-12(15)16/h3-5,11H,6-8,14H2,1-2H3/t11-/m0/s1. The largest absolute Gasteiger partial charge is 0.326 e. The molecule has 1 fully saturated rings. The fourth-order valence-corrected chi connectivity index (χ4v) is 2.32. The average Bonchev–Trinajstić information content (AvgIpc) is 2.23. The monoisotopic (exact) mass is 218 g/mol. The molecule has 1 aliphatic heterocycles. The summed E-state index contributed by atoms with van der Waals surface area (Å²) in [5.41, 5.74) is 9.26. The Morgan fingerprint density at radius 2 is 1.94 bits per heavy atom. The molecule has 0 unspecified atom stereocenters. The van der Waals surface area contributed by atoms with E-state index in [0.717, 1.165) is 23.2 Å². The molecule has 0 aliphatic carbocycles. The number of amides is 1. The number of anilines is 1. The summed E-state index contributed by atoms with van der Waals surface area (Å²) in [6.45, 7) is 4.72. The number of piperidine rings is 1. The van der Waals surface area contributed by atoms with Gasteiger partial charge in [-0.3, -0.25) is 4.79 Å². The lowest BCUT2D eigenvalue weighted by molar-refractivity contribution is -0.119. The minimum absolute atomic E-state index is 0.108. The van der Waals surface area contributed by atoms with E-state index in [-0.39, 0.29) is 11.9 Å². The quantitative estimate of drug-likeness (QED) is 0.780. The Kier molecular flexibility index (Phi) is 2.97. The predicted octanol–water partition coefficient (Wildman–Crippen LogP) is 1.76. The molecule has 1 atom stereocenters. The van der Waals surface area contributed by atoms with Crippen LogP contribution in [0.3, 0.4) is 0 Å². The second-order valence-electron chi connectivity index (χ2n) is 4.54. The van der Waals surface area contributed by atoms with E-state index in [0.29, 0.717) is 13.0 Å². The summed E-state index contributed by atoms with van der Waals surface area (Å²) in [6.07, 6.45) is 1.37. The third-order valence-corrected chi connectivity index (χ3v) is 3.16. The third-order valence-electron chi connectivity index (χ3n) is 3.16. The summed E-state index contributed by atoms with van der Waals surface area (Å²) < 4.78 is 0. The number of nitrogens with zero attached hydrogens (tertiary/aromatic N) is 1. The summed E-state index contributed by atoms with van der Waals surface area (Å²) in [4.78, 5) is 13.8. The van der Waals surface area contributed by atoms with Crippen LogP contribution in [0.5, 0.6) is 0 Å². The second-order valence-corrected chi connectivity index (χ2v) is 4.54. The molecule has 0 bridgehead atoms. The molecule has 0 radical (unpaired) electrons. The molecule has 3 nitrogen and oxygen atoms in total. The van der Waals surface area contributed by atoms with Crippen LogP contribution in [0.2, 0.25) is 0 Å². The Balaban J connectivity index is 2.38. The normalized spacial score (nSPS) is 21.3. The van der Waals surface area contributed by atoms with E-state index in [1.165, 1.54) is 0 Å². The molecule has 2 rings (SSSR count). The Morgan fingerprint density at radius 3 is 2.56 bits per heavy atom. The van der Waals surface area contributed by atoms with Gasteiger partial charge < -0.3 is 10.6 Å². The maximum atomic E-state index is 11.9. The number of nitrogens with two attached hydrogens (primary N) is 1. The van der Waals surface area contributed by atoms with E-state index in [9.17, 15) is 4.79 Å². The number of rotatable bonds is 1. The highest BCUT2D eigenvalue weighted by Gasteiger charge is 2.26. The molecule has 0 aromatic heterocycles. The zero-order chi connectivity index (χ0) is 11.7. The second kappa shape index (κ2) is 4.26. The van der Waals surface area contributed by atoms with Crippen molar-refractivity contribution >= 4 is 11.6 Å². The molecule has 2 N–H and O–H groups in total. The Hall–Kier alpha value is -1.35. The van der Waals surface area contributed by atoms with Crippen molar-refractivity contribution < 1.29 is 4.79 Å². The molecule has 1 aromatic rings. The Bertz CT molecular complexity index is 394. The highest BCUT2D eigenvalue weighted by molar-refractivity contribution is 5.95. The minimum atomic E-state index is 0.108. The van der Waals surface area contributed by atoms with Gasteiger partial charge in [0.05, 0.1) is 0 Å². The van der Waals surface area contributed by atoms with Gasteiger partial charge >= 0.3 is 0 Å². The van der Waals surface area contributed by atoms with Gasteiger partial charge in [-0.2, -0.15) is 0 Å². The van der Waals surface area contributed by atoms with Crippen LogP contribution in [0.1, 0.15) is 24.0 Å². The molecule has 0 saturated carbocycles. The van der Waals surface area contributed by atoms with E-state index in [1.54, 1.807) is 0 Å². The van der Waals surface area contributed by atoms with Crippen LogP contribution in [0.25, 0.3) is 0 Å². The van der Waals surface area contributed by atoms with Gasteiger partial charge in [0.1, 0.15) is 0 Å². The topological polar surface area (TPSA) is 46.3 Å². The van der Waals surface area contributed by atoms with E-state index in [4.69, 9.17) is 5.73 Å². The lowest BCUT2D eigenvalue weighted by atomic mass is 10.0. The van der Waals surface area contributed by atoms with Crippen molar-refractivity contribution in [3.63, 3.8) is 0 Å². The zero-order valence-electron chi connectivity index (χ0n) is 9.86. The first kappa shape index (κ1) is 11.1. The van der Waals surface area contributed by atoms with Crippen LogP contribution in [0, 0.1) is 13.8 Å². The van der Waals surface area contributed by atoms with Crippen molar-refractivity contribution in [3.8, 4) is 0 Å². The van der Waals surface area contributed by atoms with Crippen LogP contribution in [0.4, 0.5) is 5.69 Å². The summed E-state index contributed by atoms with van der Waals surface area (Å²) in [5.74, 6) is 0.194. The number of aryl methyl sites for hydroxylation is 2. The van der Waals surface area contributed by atoms with Gasteiger partial charge in [-0.05, 0) is 31.4 Å². The molecular weight excluding hydrogens is 200 g/mol. The predicted molar refractivity (Wildman–Crippen MR) is 65.5 cm³/mol. The highest BCUT2D eigenvalue weighted by atomic mass is 16.2. The number of para-hydroxylation sites is 1. The molecule has 1 aromatic carbocycles. The third kappa shape index (κ3) is 1.95. The number of carbonyl (C=O) groups excluding carboxylic acids is 1. The van der Waals surface area contributed by atoms with Crippen molar-refractivity contribution in [2.75, 3.05) is 11.4 Å². The van der Waals surface area contributed by atoms with Gasteiger partial charge in [0.25, 0.3) is 0 Å². The van der Waals surface area contributed by atoms with E-state index in [2.05, 4.69) is 0 Å². The maximum Gasteiger partial charge on any atom is 0.227 e. The lowest BCUT2D eigenvalue weighted by Crippen LogP contribution is -2.46. The van der Waals surface area contributed by atoms with Crippen LogP contribution in [-0.2, 0) is 4.79 Å². The first-order valence-corrected chi connectivity index (χ1v) is 5.71. The molecule has 1 saturated heterocycles. The molecule has 1 heterocycles. The van der Waals surface area contributed by atoms with Crippen molar-refractivity contribution in [3.05, 3.63) is 29.3 Å². The zero-order valence-corrected chi connectivity index (χ0v) is 9.86. The SMILES string of the molecule is Cc1cccc(C)c1N1C[C@@H](N)CCC1=O. The minimum Gasteiger partial charge on any atom is -0.326 e. The molecular formula is C13H18N2O. The Labute approximate surface area is 96.2 Å². The first-order valence-electron chi connectivity index (χ1n) is 5.71. The molecule has 86 valence electrons. The van der Waals surface area contributed by atoms with E-state index >= 15 is 0 Å². The van der Waals surface area contributed by atoms with Crippen molar-refractivity contribution in [1.29, 1.82) is 0 Å². The molecule has 1 amide bonds. The molecule has 0 spiro atoms. The van der Waals surface area contributed by atoms with Gasteiger partial charge in [-0.1, -0.05) is 18.2 Å². The van der Waals surface area contributed by atoms with Crippen LogP contribution in [0.15, 0.2) is 18.2 Å². The van der Waals surface area contributed by atoms with Crippen LogP contribution < -0.4 is 10.6 Å². The maximum absolute atomic E-state index is 11.9. The average molecular weight is 218 g/mol. The summed E-state index contributed by atoms with van der Waals surface area (Å²) in [5, 5.41) is 0. The Morgan fingerprint density at radius 1 is 1.31 bits per heavy atom. The molecule has 3 heteroatoms. The van der Waals surface area contributed by atoms with Gasteiger partial charge in [-0.15, -0.1) is 0 Å². The molecule has 16 heavy (non-hydrogen) atoms. The molecule has 1 aliphatic rings. The summed E-state index contributed by atoms with van der Waals surface area (Å²) >= 11 is 0. The fourth-order valence-electron chi connectivity index (χ4n) is 2.32. The lowest BCUT2D eigenvalue weighted by Gasteiger charge is -2.32.